The van der Waals surface area contributed by atoms with E-state index in [0.29, 0.717) is 0 Å². The molecule has 16 heavy (non-hydrogen) atoms. The highest BCUT2D eigenvalue weighted by atomic mass is 15.2. The molecule has 1 heterocycles. The SMILES string of the molecule is CC1C=C(C2CCN(C3CC3)CC2)C=CC1. The maximum Gasteiger partial charge on any atom is 0.00964 e. The molecule has 1 saturated carbocycles. The smallest absolute Gasteiger partial charge is 0.00964 e. The number of rotatable bonds is 2. The first-order valence-electron chi connectivity index (χ1n) is 6.95. The first kappa shape index (κ1) is 10.6. The average Bonchev–Trinajstić information content (AvgIpc) is 3.13. The van der Waals surface area contributed by atoms with Gasteiger partial charge in [-0.2, -0.15) is 0 Å². The van der Waals surface area contributed by atoms with Crippen LogP contribution in [0.15, 0.2) is 23.8 Å². The Morgan fingerprint density at radius 3 is 2.50 bits per heavy atom. The lowest BCUT2D eigenvalue weighted by molar-refractivity contribution is 0.191. The Bertz CT molecular complexity index is 303. The molecular weight excluding hydrogens is 194 g/mol. The van der Waals surface area contributed by atoms with Gasteiger partial charge < -0.3 is 4.90 Å². The van der Waals surface area contributed by atoms with Crippen LogP contribution in [0.1, 0.15) is 39.0 Å². The third-order valence-electron chi connectivity index (χ3n) is 4.36. The minimum absolute atomic E-state index is 0.765. The number of likely N-dealkylation sites (tertiary alicyclic amines) is 1. The number of hydrogen-bond acceptors (Lipinski definition) is 1. The van der Waals surface area contributed by atoms with Crippen molar-refractivity contribution in [3.8, 4) is 0 Å². The van der Waals surface area contributed by atoms with E-state index < -0.39 is 0 Å². The van der Waals surface area contributed by atoms with Crippen molar-refractivity contribution in [1.29, 1.82) is 0 Å². The minimum atomic E-state index is 0.765. The topological polar surface area (TPSA) is 3.24 Å². The summed E-state index contributed by atoms with van der Waals surface area (Å²) in [4.78, 5) is 2.72. The molecule has 1 unspecified atom stereocenters. The van der Waals surface area contributed by atoms with Gasteiger partial charge in [0.2, 0.25) is 0 Å². The summed E-state index contributed by atoms with van der Waals surface area (Å²) in [5, 5.41) is 0. The van der Waals surface area contributed by atoms with Gasteiger partial charge in [0.05, 0.1) is 0 Å². The van der Waals surface area contributed by atoms with Crippen LogP contribution in [-0.2, 0) is 0 Å². The maximum atomic E-state index is 2.72. The van der Waals surface area contributed by atoms with Crippen molar-refractivity contribution in [2.45, 2.75) is 45.1 Å². The second-order valence-corrected chi connectivity index (χ2v) is 5.82. The third-order valence-corrected chi connectivity index (χ3v) is 4.36. The lowest BCUT2D eigenvalue weighted by Crippen LogP contribution is -2.35. The quantitative estimate of drug-likeness (QED) is 0.685. The molecule has 0 bridgehead atoms. The first-order valence-corrected chi connectivity index (χ1v) is 6.95. The molecule has 0 amide bonds. The summed E-state index contributed by atoms with van der Waals surface area (Å²) in [6.07, 6.45) is 14.2. The summed E-state index contributed by atoms with van der Waals surface area (Å²) in [7, 11) is 0. The van der Waals surface area contributed by atoms with Crippen LogP contribution in [0, 0.1) is 11.8 Å². The molecule has 1 aliphatic heterocycles. The van der Waals surface area contributed by atoms with Crippen molar-refractivity contribution in [3.63, 3.8) is 0 Å². The number of hydrogen-bond donors (Lipinski definition) is 0. The average molecular weight is 217 g/mol. The molecule has 88 valence electrons. The first-order chi connectivity index (χ1) is 7.83. The second kappa shape index (κ2) is 4.37. The Kier molecular flexibility index (Phi) is 2.89. The van der Waals surface area contributed by atoms with Crippen molar-refractivity contribution >= 4 is 0 Å². The van der Waals surface area contributed by atoms with Gasteiger partial charge >= 0.3 is 0 Å². The molecule has 0 aromatic heterocycles. The van der Waals surface area contributed by atoms with Gasteiger partial charge in [-0.1, -0.05) is 25.2 Å². The zero-order valence-electron chi connectivity index (χ0n) is 10.4. The minimum Gasteiger partial charge on any atom is -0.300 e. The van der Waals surface area contributed by atoms with E-state index >= 15 is 0 Å². The number of allylic oxidation sites excluding steroid dienone is 4. The van der Waals surface area contributed by atoms with Crippen molar-refractivity contribution in [2.75, 3.05) is 13.1 Å². The fraction of sp³-hybridized carbons (Fsp3) is 0.733. The fourth-order valence-corrected chi connectivity index (χ4v) is 3.18. The van der Waals surface area contributed by atoms with Crippen LogP contribution < -0.4 is 0 Å². The zero-order valence-corrected chi connectivity index (χ0v) is 10.4. The normalized spacial score (nSPS) is 32.8. The highest BCUT2D eigenvalue weighted by Gasteiger charge is 2.32. The highest BCUT2D eigenvalue weighted by molar-refractivity contribution is 5.26. The summed E-state index contributed by atoms with van der Waals surface area (Å²) >= 11 is 0. The summed E-state index contributed by atoms with van der Waals surface area (Å²) in [5.74, 6) is 1.62. The van der Waals surface area contributed by atoms with Gasteiger partial charge in [0.15, 0.2) is 0 Å². The highest BCUT2D eigenvalue weighted by Crippen LogP contribution is 2.34. The summed E-state index contributed by atoms with van der Waals surface area (Å²) < 4.78 is 0. The predicted octanol–water partition coefficient (Wildman–Crippen LogP) is 3.38. The Labute approximate surface area is 99.2 Å². The van der Waals surface area contributed by atoms with Crippen molar-refractivity contribution in [2.24, 2.45) is 11.8 Å². The van der Waals surface area contributed by atoms with Crippen molar-refractivity contribution < 1.29 is 0 Å². The molecule has 2 fully saturated rings. The standard InChI is InChI=1S/C15H23N/c1-12-3-2-4-14(11-12)13-7-9-16(10-8-13)15-5-6-15/h2,4,11-13,15H,3,5-10H2,1H3. The van der Waals surface area contributed by atoms with E-state index in [0.717, 1.165) is 17.9 Å². The van der Waals surface area contributed by atoms with Gasteiger partial charge in [-0.3, -0.25) is 0 Å². The molecule has 0 aromatic rings. The van der Waals surface area contributed by atoms with E-state index in [1.54, 1.807) is 5.57 Å². The van der Waals surface area contributed by atoms with E-state index in [1.807, 2.05) is 0 Å². The summed E-state index contributed by atoms with van der Waals surface area (Å²) in [6, 6.07) is 0.968. The molecule has 3 aliphatic rings. The van der Waals surface area contributed by atoms with E-state index in [4.69, 9.17) is 0 Å². The van der Waals surface area contributed by atoms with E-state index in [1.165, 1.54) is 45.2 Å². The Morgan fingerprint density at radius 1 is 1.12 bits per heavy atom. The lowest BCUT2D eigenvalue weighted by atomic mass is 9.84. The molecule has 1 atom stereocenters. The maximum absolute atomic E-state index is 2.72. The van der Waals surface area contributed by atoms with Gasteiger partial charge in [0, 0.05) is 6.04 Å². The molecule has 0 spiro atoms. The van der Waals surface area contributed by atoms with Gasteiger partial charge in [-0.15, -0.1) is 0 Å². The molecule has 2 aliphatic carbocycles. The van der Waals surface area contributed by atoms with Gasteiger partial charge in [-0.05, 0) is 62.6 Å². The molecule has 1 nitrogen and oxygen atoms in total. The molecule has 0 N–H and O–H groups in total. The molecule has 0 aromatic carbocycles. The lowest BCUT2D eigenvalue weighted by Gasteiger charge is -2.33. The Hall–Kier alpha value is -0.560. The Balaban J connectivity index is 1.58. The van der Waals surface area contributed by atoms with Crippen LogP contribution in [0.3, 0.4) is 0 Å². The summed E-state index contributed by atoms with van der Waals surface area (Å²) in [5.41, 5.74) is 1.63. The number of nitrogens with zero attached hydrogens (tertiary/aromatic N) is 1. The molecule has 1 heteroatoms. The molecule has 0 radical (unpaired) electrons. The molecule has 3 rings (SSSR count). The number of piperidine rings is 1. The van der Waals surface area contributed by atoms with E-state index in [2.05, 4.69) is 30.1 Å². The van der Waals surface area contributed by atoms with Crippen molar-refractivity contribution in [3.05, 3.63) is 23.8 Å². The molecular formula is C15H23N. The van der Waals surface area contributed by atoms with Crippen molar-refractivity contribution in [1.82, 2.24) is 4.90 Å². The molecule has 1 saturated heterocycles. The zero-order chi connectivity index (χ0) is 11.0. The van der Waals surface area contributed by atoms with Crippen LogP contribution >= 0.6 is 0 Å². The van der Waals surface area contributed by atoms with Gasteiger partial charge in [0.1, 0.15) is 0 Å². The monoisotopic (exact) mass is 217 g/mol. The van der Waals surface area contributed by atoms with Gasteiger partial charge in [-0.25, -0.2) is 0 Å². The van der Waals surface area contributed by atoms with Crippen LogP contribution in [0.25, 0.3) is 0 Å². The predicted molar refractivity (Wildman–Crippen MR) is 68.3 cm³/mol. The van der Waals surface area contributed by atoms with Gasteiger partial charge in [0.25, 0.3) is 0 Å². The van der Waals surface area contributed by atoms with Crippen LogP contribution in [0.4, 0.5) is 0 Å². The van der Waals surface area contributed by atoms with E-state index in [-0.39, 0.29) is 0 Å². The van der Waals surface area contributed by atoms with E-state index in [9.17, 15) is 0 Å². The Morgan fingerprint density at radius 2 is 1.88 bits per heavy atom. The fourth-order valence-electron chi connectivity index (χ4n) is 3.18. The largest absolute Gasteiger partial charge is 0.300 e. The van der Waals surface area contributed by atoms with Crippen LogP contribution in [0.5, 0.6) is 0 Å². The summed E-state index contributed by atoms with van der Waals surface area (Å²) in [6.45, 7) is 5.02. The van der Waals surface area contributed by atoms with Crippen LogP contribution in [-0.4, -0.2) is 24.0 Å². The third kappa shape index (κ3) is 2.24. The van der Waals surface area contributed by atoms with Crippen LogP contribution in [0.2, 0.25) is 0 Å². The second-order valence-electron chi connectivity index (χ2n) is 5.82.